The highest BCUT2D eigenvalue weighted by molar-refractivity contribution is 6.12. The van der Waals surface area contributed by atoms with E-state index < -0.39 is 58.9 Å². The number of imide groups is 1. The van der Waals surface area contributed by atoms with Crippen molar-refractivity contribution in [3.05, 3.63) is 12.2 Å². The van der Waals surface area contributed by atoms with Crippen LogP contribution in [0.25, 0.3) is 0 Å². The van der Waals surface area contributed by atoms with E-state index in [2.05, 4.69) is 16.0 Å². The number of carbonyl (C=O) groups is 7. The molecule has 0 radical (unpaired) electrons. The molecular formula is C29H44N4O10. The molecule has 43 heavy (non-hydrogen) atoms. The first-order valence-corrected chi connectivity index (χ1v) is 14.5. The second-order valence-corrected chi connectivity index (χ2v) is 11.2. The summed E-state index contributed by atoms with van der Waals surface area (Å²) in [7, 11) is 1.53. The van der Waals surface area contributed by atoms with Crippen LogP contribution >= 0.6 is 0 Å². The summed E-state index contributed by atoms with van der Waals surface area (Å²) in [6, 6.07) is -1.87. The number of Topliss-reactive ketones (excluding diaryl/α,β-unsaturated/α-hetero) is 1. The standard InChI is InChI=1S/C29H44N4O10/c1-18(28(40)41)29(3)16-20(29)26(38)19(2)31-27(39)21(8-5-6-12-30-23(35)17-43-15-14-42-4)32-22(34)9-7-13-33-24(36)10-11-25(33)37/h10-11,18-21H,5-9,12-17H2,1-4H3,(H,30,35)(H,31,39)(H,32,34)(H,40,41)/t18-,19-,20?,21-,29?/m0/s1. The quantitative estimate of drug-likeness (QED) is 0.101. The van der Waals surface area contributed by atoms with Gasteiger partial charge in [-0.2, -0.15) is 0 Å². The van der Waals surface area contributed by atoms with Gasteiger partial charge in [0.25, 0.3) is 11.8 Å². The number of hydrogen-bond acceptors (Lipinski definition) is 9. The number of amides is 5. The Kier molecular flexibility index (Phi) is 13.9. The van der Waals surface area contributed by atoms with Gasteiger partial charge < -0.3 is 30.5 Å². The lowest BCUT2D eigenvalue weighted by Gasteiger charge is -2.22. The Balaban J connectivity index is 1.89. The number of rotatable bonds is 21. The number of carboxylic acids is 1. The third-order valence-corrected chi connectivity index (χ3v) is 8.01. The highest BCUT2D eigenvalue weighted by Crippen LogP contribution is 2.58. The molecule has 0 aromatic rings. The minimum absolute atomic E-state index is 0.0397. The van der Waals surface area contributed by atoms with E-state index in [9.17, 15) is 38.7 Å². The van der Waals surface area contributed by atoms with E-state index in [0.717, 1.165) is 17.1 Å². The Morgan fingerprint density at radius 2 is 1.70 bits per heavy atom. The number of carboxylic acid groups (broad SMARTS) is 1. The first-order chi connectivity index (χ1) is 20.3. The van der Waals surface area contributed by atoms with Crippen LogP contribution in [0.4, 0.5) is 0 Å². The Morgan fingerprint density at radius 1 is 1.02 bits per heavy atom. The highest BCUT2D eigenvalue weighted by Gasteiger charge is 2.60. The minimum Gasteiger partial charge on any atom is -0.481 e. The van der Waals surface area contributed by atoms with E-state index in [0.29, 0.717) is 39.0 Å². The topological polar surface area (TPSA) is 198 Å². The van der Waals surface area contributed by atoms with Gasteiger partial charge in [-0.25, -0.2) is 0 Å². The van der Waals surface area contributed by atoms with Crippen LogP contribution in [0.2, 0.25) is 0 Å². The van der Waals surface area contributed by atoms with Gasteiger partial charge in [-0.1, -0.05) is 13.8 Å². The van der Waals surface area contributed by atoms with Crippen LogP contribution in [0, 0.1) is 17.3 Å². The molecule has 0 aromatic carbocycles. The summed E-state index contributed by atoms with van der Waals surface area (Å²) in [5, 5.41) is 17.4. The summed E-state index contributed by atoms with van der Waals surface area (Å²) in [6.07, 6.45) is 4.10. The van der Waals surface area contributed by atoms with E-state index in [1.165, 1.54) is 14.0 Å². The van der Waals surface area contributed by atoms with E-state index in [4.69, 9.17) is 9.47 Å². The fourth-order valence-corrected chi connectivity index (χ4v) is 4.90. The fraction of sp³-hybridized carbons (Fsp3) is 0.690. The molecule has 1 heterocycles. The molecule has 1 saturated carbocycles. The Morgan fingerprint density at radius 3 is 2.33 bits per heavy atom. The number of methoxy groups -OCH3 is 1. The maximum atomic E-state index is 13.2. The Hall–Kier alpha value is -3.65. The molecule has 0 aromatic heterocycles. The number of nitrogens with one attached hydrogen (secondary N) is 3. The lowest BCUT2D eigenvalue weighted by molar-refractivity contribution is -0.144. The zero-order valence-electron chi connectivity index (χ0n) is 25.3. The van der Waals surface area contributed by atoms with Crippen molar-refractivity contribution in [2.45, 2.75) is 71.4 Å². The molecule has 1 aliphatic carbocycles. The highest BCUT2D eigenvalue weighted by atomic mass is 16.5. The number of aliphatic carboxylic acids is 1. The summed E-state index contributed by atoms with van der Waals surface area (Å²) < 4.78 is 10.0. The average molecular weight is 609 g/mol. The van der Waals surface area contributed by atoms with Crippen LogP contribution in [0.3, 0.4) is 0 Å². The molecular weight excluding hydrogens is 564 g/mol. The van der Waals surface area contributed by atoms with E-state index in [-0.39, 0.29) is 44.1 Å². The molecule has 5 atom stereocenters. The predicted molar refractivity (Wildman–Crippen MR) is 152 cm³/mol. The third-order valence-electron chi connectivity index (χ3n) is 8.01. The lowest BCUT2D eigenvalue weighted by atomic mass is 9.88. The first-order valence-electron chi connectivity index (χ1n) is 14.5. The van der Waals surface area contributed by atoms with Crippen molar-refractivity contribution in [3.8, 4) is 0 Å². The Labute approximate surface area is 251 Å². The molecule has 0 spiro atoms. The SMILES string of the molecule is COCCOCC(=O)NCCCC[C@H](NC(=O)CCCN1C(=O)C=CC1=O)C(=O)N[C@@H](C)C(=O)C1CC1(C)[C@@H](C)C(=O)O. The second-order valence-electron chi connectivity index (χ2n) is 11.2. The molecule has 4 N–H and O–H groups in total. The molecule has 240 valence electrons. The molecule has 5 amide bonds. The number of ketones is 1. The molecule has 0 saturated heterocycles. The van der Waals surface area contributed by atoms with Crippen molar-refractivity contribution >= 4 is 41.3 Å². The van der Waals surface area contributed by atoms with E-state index >= 15 is 0 Å². The van der Waals surface area contributed by atoms with Crippen molar-refractivity contribution in [2.24, 2.45) is 17.3 Å². The van der Waals surface area contributed by atoms with Crippen LogP contribution in [0.1, 0.15) is 59.3 Å². The molecule has 1 aliphatic heterocycles. The molecule has 1 fully saturated rings. The molecule has 14 nitrogen and oxygen atoms in total. The largest absolute Gasteiger partial charge is 0.481 e. The van der Waals surface area contributed by atoms with Crippen molar-refractivity contribution in [1.29, 1.82) is 0 Å². The predicted octanol–water partition coefficient (Wildman–Crippen LogP) is -0.0534. The van der Waals surface area contributed by atoms with Gasteiger partial charge in [0.05, 0.1) is 25.2 Å². The smallest absolute Gasteiger partial charge is 0.306 e. The maximum Gasteiger partial charge on any atom is 0.306 e. The summed E-state index contributed by atoms with van der Waals surface area (Å²) in [5.74, 6) is -4.66. The molecule has 2 rings (SSSR count). The van der Waals surface area contributed by atoms with Gasteiger partial charge in [0, 0.05) is 44.7 Å². The normalized spacial score (nSPS) is 21.2. The summed E-state index contributed by atoms with van der Waals surface area (Å²) in [4.78, 5) is 86.6. The number of carbonyl (C=O) groups excluding carboxylic acids is 6. The lowest BCUT2D eigenvalue weighted by Crippen LogP contribution is -2.51. The maximum absolute atomic E-state index is 13.2. The van der Waals surface area contributed by atoms with Crippen LogP contribution < -0.4 is 16.0 Å². The summed E-state index contributed by atoms with van der Waals surface area (Å²) in [6.45, 7) is 5.80. The van der Waals surface area contributed by atoms with Gasteiger partial charge in [-0.05, 0) is 44.4 Å². The molecule has 2 unspecified atom stereocenters. The zero-order chi connectivity index (χ0) is 32.2. The molecule has 14 heteroatoms. The van der Waals surface area contributed by atoms with Crippen molar-refractivity contribution in [2.75, 3.05) is 40.0 Å². The number of nitrogens with zero attached hydrogens (tertiary/aromatic N) is 1. The number of unbranched alkanes of at least 4 members (excludes halogenated alkanes) is 1. The molecule has 2 aliphatic rings. The van der Waals surface area contributed by atoms with Crippen LogP contribution in [-0.4, -0.2) is 103 Å². The van der Waals surface area contributed by atoms with Crippen LogP contribution in [0.15, 0.2) is 12.2 Å². The third kappa shape index (κ3) is 10.8. The minimum atomic E-state index is -0.984. The van der Waals surface area contributed by atoms with Gasteiger partial charge in [0.1, 0.15) is 12.6 Å². The van der Waals surface area contributed by atoms with Gasteiger partial charge in [-0.15, -0.1) is 0 Å². The van der Waals surface area contributed by atoms with Gasteiger partial charge in [-0.3, -0.25) is 38.5 Å². The van der Waals surface area contributed by atoms with Crippen molar-refractivity contribution in [1.82, 2.24) is 20.9 Å². The number of ether oxygens (including phenoxy) is 2. The summed E-state index contributed by atoms with van der Waals surface area (Å²) >= 11 is 0. The molecule has 0 bridgehead atoms. The van der Waals surface area contributed by atoms with Gasteiger partial charge >= 0.3 is 5.97 Å². The van der Waals surface area contributed by atoms with E-state index in [1.54, 1.807) is 13.8 Å². The number of hydrogen-bond donors (Lipinski definition) is 4. The van der Waals surface area contributed by atoms with Gasteiger partial charge in [0.15, 0.2) is 5.78 Å². The van der Waals surface area contributed by atoms with E-state index in [1.807, 2.05) is 0 Å². The first kappa shape index (κ1) is 35.5. The monoisotopic (exact) mass is 608 g/mol. The Bertz CT molecular complexity index is 1080. The second kappa shape index (κ2) is 16.8. The zero-order valence-corrected chi connectivity index (χ0v) is 25.3. The summed E-state index contributed by atoms with van der Waals surface area (Å²) in [5.41, 5.74) is -0.678. The van der Waals surface area contributed by atoms with Crippen LogP contribution in [0.5, 0.6) is 0 Å². The van der Waals surface area contributed by atoms with Crippen molar-refractivity contribution < 1.29 is 48.1 Å². The fourth-order valence-electron chi connectivity index (χ4n) is 4.90. The van der Waals surface area contributed by atoms with Gasteiger partial charge in [0.2, 0.25) is 17.7 Å². The van der Waals surface area contributed by atoms with Crippen molar-refractivity contribution in [3.63, 3.8) is 0 Å². The van der Waals surface area contributed by atoms with Crippen LogP contribution in [-0.2, 0) is 43.0 Å². The average Bonchev–Trinajstić information content (AvgIpc) is 3.56.